The Hall–Kier alpha value is -1.43. The number of nitrogens with zero attached hydrogens (tertiary/aromatic N) is 2. The van der Waals surface area contributed by atoms with Gasteiger partial charge in [-0.15, -0.1) is 10.2 Å². The molecular formula is C11H18N2O4. The molecule has 0 saturated heterocycles. The summed E-state index contributed by atoms with van der Waals surface area (Å²) in [4.78, 5) is 10.3. The van der Waals surface area contributed by atoms with Crippen LogP contribution in [0.4, 0.5) is 0 Å². The summed E-state index contributed by atoms with van der Waals surface area (Å²) in [5.74, 6) is 0.0600. The fourth-order valence-corrected chi connectivity index (χ4v) is 1.12. The molecule has 0 aliphatic heterocycles. The Morgan fingerprint density at radius 3 is 2.59 bits per heavy atom. The molecule has 0 fully saturated rings. The number of hydrogen-bond donors (Lipinski definition) is 1. The fraction of sp³-hybridized carbons (Fsp3) is 0.727. The van der Waals surface area contributed by atoms with Crippen LogP contribution in [0, 0.1) is 0 Å². The molecule has 6 nitrogen and oxygen atoms in total. The number of aromatic nitrogens is 2. The predicted octanol–water partition coefficient (Wildman–Crippen LogP) is 1.79. The van der Waals surface area contributed by atoms with Gasteiger partial charge in [-0.25, -0.2) is 0 Å². The van der Waals surface area contributed by atoms with E-state index in [1.165, 1.54) is 0 Å². The first-order chi connectivity index (χ1) is 7.87. The van der Waals surface area contributed by atoms with Crippen molar-refractivity contribution in [2.24, 2.45) is 0 Å². The molecule has 17 heavy (non-hydrogen) atoms. The molecule has 0 atom stereocenters. The van der Waals surface area contributed by atoms with Crippen LogP contribution in [0.2, 0.25) is 0 Å². The van der Waals surface area contributed by atoms with Crippen LogP contribution in [-0.2, 0) is 22.6 Å². The molecule has 0 aromatic carbocycles. The van der Waals surface area contributed by atoms with Gasteiger partial charge in [-0.1, -0.05) is 0 Å². The van der Waals surface area contributed by atoms with E-state index in [1.54, 1.807) is 0 Å². The van der Waals surface area contributed by atoms with Gasteiger partial charge in [-0.2, -0.15) is 0 Å². The van der Waals surface area contributed by atoms with Gasteiger partial charge in [-0.3, -0.25) is 4.79 Å². The quantitative estimate of drug-likeness (QED) is 0.818. The number of rotatable bonds is 6. The maximum Gasteiger partial charge on any atom is 0.303 e. The zero-order chi connectivity index (χ0) is 12.9. The lowest BCUT2D eigenvalue weighted by Gasteiger charge is -2.17. The van der Waals surface area contributed by atoms with Crippen molar-refractivity contribution < 1.29 is 19.1 Å². The maximum atomic E-state index is 10.3. The third kappa shape index (κ3) is 6.01. The molecule has 1 N–H and O–H groups in total. The van der Waals surface area contributed by atoms with Crippen LogP contribution < -0.4 is 0 Å². The van der Waals surface area contributed by atoms with Crippen molar-refractivity contribution in [2.75, 3.05) is 0 Å². The van der Waals surface area contributed by atoms with Gasteiger partial charge in [0, 0.05) is 12.8 Å². The molecule has 0 unspecified atom stereocenters. The largest absolute Gasteiger partial charge is 0.481 e. The Kier molecular flexibility index (Phi) is 4.62. The summed E-state index contributed by atoms with van der Waals surface area (Å²) in [6.45, 7) is 6.10. The zero-order valence-electron chi connectivity index (χ0n) is 10.4. The highest BCUT2D eigenvalue weighted by Gasteiger charge is 2.13. The van der Waals surface area contributed by atoms with E-state index in [2.05, 4.69) is 10.2 Å². The minimum Gasteiger partial charge on any atom is -0.481 e. The van der Waals surface area contributed by atoms with Crippen LogP contribution in [0.15, 0.2) is 4.42 Å². The predicted molar refractivity (Wildman–Crippen MR) is 59.4 cm³/mol. The Morgan fingerprint density at radius 1 is 1.35 bits per heavy atom. The highest BCUT2D eigenvalue weighted by molar-refractivity contribution is 5.66. The second-order valence-electron chi connectivity index (χ2n) is 4.74. The lowest BCUT2D eigenvalue weighted by molar-refractivity contribution is -0.137. The van der Waals surface area contributed by atoms with Crippen molar-refractivity contribution in [2.45, 2.75) is 52.2 Å². The van der Waals surface area contributed by atoms with Gasteiger partial charge in [0.2, 0.25) is 11.8 Å². The van der Waals surface area contributed by atoms with E-state index in [1.807, 2.05) is 20.8 Å². The van der Waals surface area contributed by atoms with Crippen LogP contribution >= 0.6 is 0 Å². The number of aryl methyl sites for hydroxylation is 1. The van der Waals surface area contributed by atoms with Crippen molar-refractivity contribution in [1.82, 2.24) is 10.2 Å². The molecule has 0 bridgehead atoms. The van der Waals surface area contributed by atoms with E-state index in [0.717, 1.165) is 0 Å². The van der Waals surface area contributed by atoms with Crippen molar-refractivity contribution >= 4 is 5.97 Å². The zero-order valence-corrected chi connectivity index (χ0v) is 10.4. The van der Waals surface area contributed by atoms with Crippen LogP contribution in [0.25, 0.3) is 0 Å². The number of ether oxygens (including phenoxy) is 1. The molecule has 0 amide bonds. The van der Waals surface area contributed by atoms with Gasteiger partial charge in [-0.05, 0) is 27.2 Å². The lowest BCUT2D eigenvalue weighted by Crippen LogP contribution is -2.18. The second-order valence-corrected chi connectivity index (χ2v) is 4.74. The number of hydrogen-bond acceptors (Lipinski definition) is 5. The Balaban J connectivity index is 2.35. The van der Waals surface area contributed by atoms with Gasteiger partial charge in [0.25, 0.3) is 0 Å². The third-order valence-corrected chi connectivity index (χ3v) is 1.92. The Bertz CT molecular complexity index is 368. The smallest absolute Gasteiger partial charge is 0.303 e. The first-order valence-corrected chi connectivity index (χ1v) is 5.54. The molecule has 0 spiro atoms. The number of carboxylic acid groups (broad SMARTS) is 1. The number of aliphatic carboxylic acids is 1. The fourth-order valence-electron chi connectivity index (χ4n) is 1.12. The van der Waals surface area contributed by atoms with Crippen molar-refractivity contribution in [1.29, 1.82) is 0 Å². The first-order valence-electron chi connectivity index (χ1n) is 5.54. The normalized spacial score (nSPS) is 11.7. The van der Waals surface area contributed by atoms with E-state index < -0.39 is 5.97 Å². The summed E-state index contributed by atoms with van der Waals surface area (Å²) in [7, 11) is 0. The molecular weight excluding hydrogens is 224 g/mol. The van der Waals surface area contributed by atoms with E-state index in [-0.39, 0.29) is 18.6 Å². The average molecular weight is 242 g/mol. The maximum absolute atomic E-state index is 10.3. The summed E-state index contributed by atoms with van der Waals surface area (Å²) in [6, 6.07) is 0. The molecule has 1 aromatic rings. The van der Waals surface area contributed by atoms with Gasteiger partial charge in [0.05, 0.1) is 5.60 Å². The van der Waals surface area contributed by atoms with Crippen LogP contribution in [0.5, 0.6) is 0 Å². The van der Waals surface area contributed by atoms with E-state index in [4.69, 9.17) is 14.3 Å². The summed E-state index contributed by atoms with van der Waals surface area (Å²) in [5, 5.41) is 16.1. The molecule has 96 valence electrons. The highest BCUT2D eigenvalue weighted by Crippen LogP contribution is 2.11. The third-order valence-electron chi connectivity index (χ3n) is 1.92. The molecule has 6 heteroatoms. The summed E-state index contributed by atoms with van der Waals surface area (Å²) < 4.78 is 10.8. The number of carbonyl (C=O) groups is 1. The average Bonchev–Trinajstić information content (AvgIpc) is 2.61. The molecule has 1 heterocycles. The van der Waals surface area contributed by atoms with Gasteiger partial charge >= 0.3 is 5.97 Å². The molecule has 0 aliphatic carbocycles. The standard InChI is InChI=1S/C11H18N2O4/c1-11(2,3)16-7-9-13-12-8(17-9)5-4-6-10(14)15/h4-7H2,1-3H3,(H,14,15). The molecule has 0 aliphatic rings. The molecule has 1 rings (SSSR count). The van der Waals surface area contributed by atoms with E-state index in [0.29, 0.717) is 24.6 Å². The molecule has 1 aromatic heterocycles. The lowest BCUT2D eigenvalue weighted by atomic mass is 10.2. The van der Waals surface area contributed by atoms with Crippen LogP contribution in [0.3, 0.4) is 0 Å². The van der Waals surface area contributed by atoms with Gasteiger partial charge < -0.3 is 14.3 Å². The Morgan fingerprint density at radius 2 is 2.00 bits per heavy atom. The monoisotopic (exact) mass is 242 g/mol. The summed E-state index contributed by atoms with van der Waals surface area (Å²) >= 11 is 0. The highest BCUT2D eigenvalue weighted by atomic mass is 16.5. The van der Waals surface area contributed by atoms with Gasteiger partial charge in [0.15, 0.2) is 0 Å². The van der Waals surface area contributed by atoms with Crippen molar-refractivity contribution in [3.05, 3.63) is 11.8 Å². The van der Waals surface area contributed by atoms with E-state index in [9.17, 15) is 4.79 Å². The minimum absolute atomic E-state index is 0.107. The summed E-state index contributed by atoms with van der Waals surface area (Å²) in [5.41, 5.74) is -0.252. The van der Waals surface area contributed by atoms with E-state index >= 15 is 0 Å². The topological polar surface area (TPSA) is 85.5 Å². The first kappa shape index (κ1) is 13.6. The van der Waals surface area contributed by atoms with Gasteiger partial charge in [0.1, 0.15) is 6.61 Å². The van der Waals surface area contributed by atoms with Crippen LogP contribution in [-0.4, -0.2) is 26.9 Å². The van der Waals surface area contributed by atoms with Crippen molar-refractivity contribution in [3.63, 3.8) is 0 Å². The SMILES string of the molecule is CC(C)(C)OCc1nnc(CCCC(=O)O)o1. The molecule has 0 radical (unpaired) electrons. The second kappa shape index (κ2) is 5.77. The summed E-state index contributed by atoms with van der Waals surface area (Å²) in [6.07, 6.45) is 1.09. The minimum atomic E-state index is -0.819. The molecule has 0 saturated carbocycles. The Labute approximate surface area is 100.0 Å². The van der Waals surface area contributed by atoms with Crippen molar-refractivity contribution in [3.8, 4) is 0 Å². The van der Waals surface area contributed by atoms with Crippen LogP contribution in [0.1, 0.15) is 45.4 Å². The number of carboxylic acids is 1.